The van der Waals surface area contributed by atoms with Gasteiger partial charge in [-0.25, -0.2) is 0 Å². The number of fused-ring (bicyclic) bond motifs is 1. The van der Waals surface area contributed by atoms with Gasteiger partial charge in [-0.15, -0.1) is 0 Å². The van der Waals surface area contributed by atoms with E-state index < -0.39 is 0 Å². The second-order valence-electron chi connectivity index (χ2n) is 8.39. The molecule has 5 rings (SSSR count). The van der Waals surface area contributed by atoms with E-state index in [1.165, 1.54) is 27.9 Å². The van der Waals surface area contributed by atoms with Gasteiger partial charge in [-0.05, 0) is 60.9 Å². The number of anilines is 2. The average molecular weight is 453 g/mol. The second kappa shape index (κ2) is 11.9. The Balaban J connectivity index is 0.000000231. The van der Waals surface area contributed by atoms with E-state index in [1.807, 2.05) is 36.4 Å². The fourth-order valence-corrected chi connectivity index (χ4v) is 3.98. The van der Waals surface area contributed by atoms with Crippen LogP contribution in [-0.2, 0) is 17.7 Å². The van der Waals surface area contributed by atoms with Crippen LogP contribution >= 0.6 is 0 Å². The van der Waals surface area contributed by atoms with Gasteiger partial charge in [0.25, 0.3) is 0 Å². The average Bonchev–Trinajstić information content (AvgIpc) is 2.88. The molecule has 1 aliphatic rings. The molecule has 0 saturated carbocycles. The van der Waals surface area contributed by atoms with Gasteiger partial charge in [0.05, 0.1) is 0 Å². The van der Waals surface area contributed by atoms with Crippen molar-refractivity contribution in [2.75, 3.05) is 30.8 Å². The molecule has 174 valence electrons. The Morgan fingerprint density at radius 3 is 2.29 bits per heavy atom. The first-order chi connectivity index (χ1) is 16.7. The van der Waals surface area contributed by atoms with E-state index in [9.17, 15) is 0 Å². The zero-order chi connectivity index (χ0) is 23.6. The second-order valence-corrected chi connectivity index (χ2v) is 8.39. The summed E-state index contributed by atoms with van der Waals surface area (Å²) in [5, 5.41) is 3.07. The van der Waals surface area contributed by atoms with Crippen LogP contribution in [0.4, 0.5) is 11.4 Å². The van der Waals surface area contributed by atoms with Crippen molar-refractivity contribution in [2.45, 2.75) is 19.9 Å². The lowest BCUT2D eigenvalue weighted by Crippen LogP contribution is -2.31. The van der Waals surface area contributed by atoms with Crippen molar-refractivity contribution in [1.29, 1.82) is 0 Å². The van der Waals surface area contributed by atoms with E-state index >= 15 is 0 Å². The van der Waals surface area contributed by atoms with Crippen molar-refractivity contribution in [3.05, 3.63) is 125 Å². The first-order valence-corrected chi connectivity index (χ1v) is 11.6. The van der Waals surface area contributed by atoms with Gasteiger partial charge in [-0.3, -0.25) is 0 Å². The van der Waals surface area contributed by atoms with E-state index in [4.69, 9.17) is 9.47 Å². The summed E-state index contributed by atoms with van der Waals surface area (Å²) in [4.78, 5) is 2.26. The number of hydrogen-bond donors (Lipinski definition) is 1. The molecule has 1 N–H and O–H groups in total. The lowest BCUT2D eigenvalue weighted by molar-refractivity contribution is 0.221. The maximum absolute atomic E-state index is 5.94. The summed E-state index contributed by atoms with van der Waals surface area (Å²) >= 11 is 0. The van der Waals surface area contributed by atoms with Gasteiger partial charge >= 0.3 is 0 Å². The third kappa shape index (κ3) is 6.63. The van der Waals surface area contributed by atoms with E-state index in [0.717, 1.165) is 24.4 Å². The number of rotatable bonds is 6. The topological polar surface area (TPSA) is 33.7 Å². The molecule has 0 aromatic heterocycles. The summed E-state index contributed by atoms with van der Waals surface area (Å²) in [5.41, 5.74) is 7.54. The van der Waals surface area contributed by atoms with E-state index in [1.54, 1.807) is 7.11 Å². The molecule has 1 heterocycles. The summed E-state index contributed by atoms with van der Waals surface area (Å²) in [7, 11) is 1.66. The van der Waals surface area contributed by atoms with Gasteiger partial charge in [-0.1, -0.05) is 72.3 Å². The molecular weight excluding hydrogens is 420 g/mol. The Morgan fingerprint density at radius 1 is 0.824 bits per heavy atom. The number of methoxy groups -OCH3 is 1. The van der Waals surface area contributed by atoms with Crippen LogP contribution in [0, 0.1) is 6.92 Å². The fraction of sp³-hybridized carbons (Fsp3) is 0.200. The van der Waals surface area contributed by atoms with Crippen molar-refractivity contribution >= 4 is 11.4 Å². The molecule has 4 aromatic carbocycles. The molecule has 4 heteroatoms. The molecule has 0 amide bonds. The van der Waals surface area contributed by atoms with Crippen molar-refractivity contribution in [3.63, 3.8) is 0 Å². The van der Waals surface area contributed by atoms with Crippen LogP contribution in [0.1, 0.15) is 22.3 Å². The monoisotopic (exact) mass is 452 g/mol. The van der Waals surface area contributed by atoms with E-state index in [2.05, 4.69) is 83.9 Å². The number of aryl methyl sites for hydroxylation is 1. The standard InChI is InChI=1S/C22H21NO.C8H11NO/c1-17-6-5-7-18(12-17)13-19-10-11-22-20(14-19)15-23(16-24-22)21-8-3-2-4-9-21;1-10-7-9-8-5-3-2-4-6-8/h2-12,14H,13,15-16H2,1H3;2-6,9H,7H2,1H3. The lowest BCUT2D eigenvalue weighted by atomic mass is 10.0. The van der Waals surface area contributed by atoms with Gasteiger partial charge in [0.15, 0.2) is 6.73 Å². The van der Waals surface area contributed by atoms with Crippen LogP contribution in [0.5, 0.6) is 5.75 Å². The quantitative estimate of drug-likeness (QED) is 0.332. The third-order valence-electron chi connectivity index (χ3n) is 5.67. The molecule has 0 fully saturated rings. The minimum atomic E-state index is 0.560. The summed E-state index contributed by atoms with van der Waals surface area (Å²) < 4.78 is 10.8. The molecule has 4 aromatic rings. The number of nitrogens with one attached hydrogen (secondary N) is 1. The zero-order valence-electron chi connectivity index (χ0n) is 19.9. The van der Waals surface area contributed by atoms with Crippen LogP contribution in [0.15, 0.2) is 103 Å². The van der Waals surface area contributed by atoms with Crippen molar-refractivity contribution < 1.29 is 9.47 Å². The summed E-state index contributed by atoms with van der Waals surface area (Å²) in [6.07, 6.45) is 0.959. The van der Waals surface area contributed by atoms with Crippen LogP contribution in [0.3, 0.4) is 0 Å². The highest BCUT2D eigenvalue weighted by Crippen LogP contribution is 2.29. The van der Waals surface area contributed by atoms with Crippen LogP contribution in [-0.4, -0.2) is 20.6 Å². The molecule has 0 saturated heterocycles. The van der Waals surface area contributed by atoms with Gasteiger partial charge < -0.3 is 19.7 Å². The Kier molecular flexibility index (Phi) is 8.20. The third-order valence-corrected chi connectivity index (χ3v) is 5.67. The molecule has 0 spiro atoms. The predicted octanol–water partition coefficient (Wildman–Crippen LogP) is 6.64. The maximum Gasteiger partial charge on any atom is 0.161 e. The minimum Gasteiger partial charge on any atom is -0.473 e. The highest BCUT2D eigenvalue weighted by Gasteiger charge is 2.17. The van der Waals surface area contributed by atoms with Crippen molar-refractivity contribution in [2.24, 2.45) is 0 Å². The summed E-state index contributed by atoms with van der Waals surface area (Å²) in [6, 6.07) is 35.7. The number of ether oxygens (including phenoxy) is 2. The summed E-state index contributed by atoms with van der Waals surface area (Å²) in [5.74, 6) is 1.01. The minimum absolute atomic E-state index is 0.560. The summed E-state index contributed by atoms with van der Waals surface area (Å²) in [6.45, 7) is 4.20. The highest BCUT2D eigenvalue weighted by molar-refractivity contribution is 5.50. The number of para-hydroxylation sites is 2. The number of hydrogen-bond acceptors (Lipinski definition) is 4. The first kappa shape index (κ1) is 23.4. The van der Waals surface area contributed by atoms with Crippen LogP contribution in [0.25, 0.3) is 0 Å². The van der Waals surface area contributed by atoms with Gasteiger partial charge in [0.2, 0.25) is 0 Å². The molecule has 4 nitrogen and oxygen atoms in total. The Hall–Kier alpha value is -3.76. The van der Waals surface area contributed by atoms with Gasteiger partial charge in [0.1, 0.15) is 12.5 Å². The van der Waals surface area contributed by atoms with Gasteiger partial charge in [0, 0.05) is 30.6 Å². The van der Waals surface area contributed by atoms with E-state index in [0.29, 0.717) is 13.5 Å². The largest absolute Gasteiger partial charge is 0.473 e. The Bertz CT molecular complexity index is 1160. The lowest BCUT2D eigenvalue weighted by Gasteiger charge is -2.31. The van der Waals surface area contributed by atoms with Crippen LogP contribution in [0.2, 0.25) is 0 Å². The molecule has 1 aliphatic heterocycles. The van der Waals surface area contributed by atoms with E-state index in [-0.39, 0.29) is 0 Å². The predicted molar refractivity (Wildman–Crippen MR) is 140 cm³/mol. The van der Waals surface area contributed by atoms with Gasteiger partial charge in [-0.2, -0.15) is 0 Å². The molecule has 0 aliphatic carbocycles. The van der Waals surface area contributed by atoms with Crippen molar-refractivity contribution in [3.8, 4) is 5.75 Å². The fourth-order valence-electron chi connectivity index (χ4n) is 3.98. The number of benzene rings is 4. The molecule has 0 bridgehead atoms. The molecule has 0 radical (unpaired) electrons. The molecule has 0 atom stereocenters. The maximum atomic E-state index is 5.94. The van der Waals surface area contributed by atoms with Crippen molar-refractivity contribution in [1.82, 2.24) is 0 Å². The highest BCUT2D eigenvalue weighted by atomic mass is 16.5. The normalized spacial score (nSPS) is 12.1. The molecule has 0 unspecified atom stereocenters. The smallest absolute Gasteiger partial charge is 0.161 e. The van der Waals surface area contributed by atoms with Crippen LogP contribution < -0.4 is 15.0 Å². The Morgan fingerprint density at radius 2 is 1.56 bits per heavy atom. The zero-order valence-corrected chi connectivity index (χ0v) is 19.9. The number of nitrogens with zero attached hydrogens (tertiary/aromatic N) is 1. The Labute approximate surface area is 202 Å². The molecule has 34 heavy (non-hydrogen) atoms. The SMILES string of the molecule is COCNc1ccccc1.Cc1cccc(Cc2ccc3c(c2)CN(c2ccccc2)CO3)c1. The molecular formula is C30H32N2O2. The first-order valence-electron chi connectivity index (χ1n) is 11.6.